The van der Waals surface area contributed by atoms with E-state index in [2.05, 4.69) is 0 Å². The Hall–Kier alpha value is -3.80. The molecule has 3 aromatic rings. The molecule has 0 bridgehead atoms. The number of benzene rings is 2. The molecule has 1 N–H and O–H groups in total. The third kappa shape index (κ3) is 6.97. The van der Waals surface area contributed by atoms with Gasteiger partial charge in [0.15, 0.2) is 9.84 Å². The number of aryl methyl sites for hydroxylation is 3. The normalized spacial score (nSPS) is 17.5. The van der Waals surface area contributed by atoms with E-state index in [-0.39, 0.29) is 34.8 Å². The van der Waals surface area contributed by atoms with Gasteiger partial charge in [0, 0.05) is 36.5 Å². The van der Waals surface area contributed by atoms with Crippen molar-refractivity contribution in [1.82, 2.24) is 9.88 Å². The highest BCUT2D eigenvalue weighted by Crippen LogP contribution is 2.41. The molecule has 226 valence electrons. The van der Waals surface area contributed by atoms with Crippen molar-refractivity contribution in [2.45, 2.75) is 69.7 Å². The maximum absolute atomic E-state index is 12.8. The lowest BCUT2D eigenvalue weighted by Crippen LogP contribution is -2.45. The standard InChI is InChI=1S/C30H33F3N2O6S/c1-5-42(38,39)22-13-14-25(41-28-18(2)7-6-8-19(28)3)23(15-22)24-17-35(4)27(36)16-26(24)40-21-11-9-20(10-12-21)34-29(37)30(31,32)33/h6-8,13-17,20-21H,5,9-12H2,1-4H3,(H,34,37). The van der Waals surface area contributed by atoms with Crippen molar-refractivity contribution in [2.75, 3.05) is 5.75 Å². The molecule has 1 saturated carbocycles. The van der Waals surface area contributed by atoms with Crippen molar-refractivity contribution in [1.29, 1.82) is 0 Å². The second-order valence-electron chi connectivity index (χ2n) is 10.4. The molecule has 1 aromatic heterocycles. The number of alkyl halides is 3. The minimum atomic E-state index is -4.96. The lowest BCUT2D eigenvalue weighted by molar-refractivity contribution is -0.174. The predicted molar refractivity (Wildman–Crippen MR) is 152 cm³/mol. The van der Waals surface area contributed by atoms with Crippen molar-refractivity contribution in [2.24, 2.45) is 7.05 Å². The third-order valence-electron chi connectivity index (χ3n) is 7.35. The second-order valence-corrected chi connectivity index (χ2v) is 12.7. The molecule has 2 aromatic carbocycles. The summed E-state index contributed by atoms with van der Waals surface area (Å²) in [6.45, 7) is 5.34. The van der Waals surface area contributed by atoms with Crippen LogP contribution in [-0.4, -0.2) is 43.0 Å². The highest BCUT2D eigenvalue weighted by atomic mass is 32.2. The van der Waals surface area contributed by atoms with Gasteiger partial charge in [0.1, 0.15) is 17.2 Å². The number of ether oxygens (including phenoxy) is 2. The minimum absolute atomic E-state index is 0.0783. The zero-order valence-corrected chi connectivity index (χ0v) is 24.6. The molecule has 0 aliphatic heterocycles. The molecule has 8 nitrogen and oxygen atoms in total. The number of amides is 1. The SMILES string of the molecule is CCS(=O)(=O)c1ccc(Oc2c(C)cccc2C)c(-c2cn(C)c(=O)cc2OC2CCC(NC(=O)C(F)(F)F)CC2)c1. The van der Waals surface area contributed by atoms with Crippen LogP contribution in [0.4, 0.5) is 13.2 Å². The molecule has 0 radical (unpaired) electrons. The zero-order chi connectivity index (χ0) is 30.8. The van der Waals surface area contributed by atoms with Crippen molar-refractivity contribution >= 4 is 15.7 Å². The first kappa shape index (κ1) is 31.1. The molecule has 42 heavy (non-hydrogen) atoms. The van der Waals surface area contributed by atoms with Crippen molar-refractivity contribution in [3.05, 3.63) is 70.1 Å². The lowest BCUT2D eigenvalue weighted by atomic mass is 9.92. The number of halogens is 3. The van der Waals surface area contributed by atoms with E-state index in [1.807, 2.05) is 37.4 Å². The Balaban J connectivity index is 1.72. The highest BCUT2D eigenvalue weighted by molar-refractivity contribution is 7.91. The van der Waals surface area contributed by atoms with Gasteiger partial charge in [-0.15, -0.1) is 0 Å². The summed E-state index contributed by atoms with van der Waals surface area (Å²) in [5.74, 6) is -0.938. The Morgan fingerprint density at radius 1 is 1.00 bits per heavy atom. The Kier molecular flexibility index (Phi) is 9.05. The van der Waals surface area contributed by atoms with Gasteiger partial charge in [-0.3, -0.25) is 9.59 Å². The molecule has 0 spiro atoms. The van der Waals surface area contributed by atoms with Gasteiger partial charge in [0.2, 0.25) is 0 Å². The molecule has 4 rings (SSSR count). The smallest absolute Gasteiger partial charge is 0.471 e. The van der Waals surface area contributed by atoms with Crippen molar-refractivity contribution < 1.29 is 35.9 Å². The van der Waals surface area contributed by atoms with E-state index in [1.165, 1.54) is 22.8 Å². The molecule has 12 heteroatoms. The van der Waals surface area contributed by atoms with Gasteiger partial charge in [0.05, 0.1) is 16.8 Å². The molecule has 1 fully saturated rings. The number of aromatic nitrogens is 1. The Labute approximate surface area is 242 Å². The van der Waals surface area contributed by atoms with Gasteiger partial charge in [-0.25, -0.2) is 8.42 Å². The predicted octanol–water partition coefficient (Wildman–Crippen LogP) is 5.62. The number of hydrogen-bond donors (Lipinski definition) is 1. The summed E-state index contributed by atoms with van der Waals surface area (Å²) in [4.78, 5) is 24.1. The molecule has 1 aliphatic carbocycles. The van der Waals surface area contributed by atoms with Crippen LogP contribution in [0.2, 0.25) is 0 Å². The van der Waals surface area contributed by atoms with Crippen LogP contribution in [-0.2, 0) is 21.7 Å². The fourth-order valence-corrected chi connectivity index (χ4v) is 5.83. The van der Waals surface area contributed by atoms with E-state index in [9.17, 15) is 31.2 Å². The number of rotatable bonds is 8. The Morgan fingerprint density at radius 3 is 2.24 bits per heavy atom. The molecular weight excluding hydrogens is 573 g/mol. The topological polar surface area (TPSA) is 104 Å². The minimum Gasteiger partial charge on any atom is -0.490 e. The van der Waals surface area contributed by atoms with Crippen LogP contribution < -0.4 is 20.3 Å². The highest BCUT2D eigenvalue weighted by Gasteiger charge is 2.40. The average molecular weight is 607 g/mol. The quantitative estimate of drug-likeness (QED) is 0.357. The second kappa shape index (κ2) is 12.2. The number of sulfone groups is 1. The molecule has 0 atom stereocenters. The van der Waals surface area contributed by atoms with E-state index in [0.717, 1.165) is 11.1 Å². The molecule has 1 aliphatic rings. The number of carbonyl (C=O) groups is 1. The Morgan fingerprint density at radius 2 is 1.64 bits per heavy atom. The summed E-state index contributed by atoms with van der Waals surface area (Å²) in [5, 5.41) is 2.02. The summed E-state index contributed by atoms with van der Waals surface area (Å²) in [6.07, 6.45) is -2.65. The Bertz CT molecular complexity index is 1620. The van der Waals surface area contributed by atoms with Crippen LogP contribution in [0.3, 0.4) is 0 Å². The first-order valence-corrected chi connectivity index (χ1v) is 15.2. The van der Waals surface area contributed by atoms with E-state index >= 15 is 0 Å². The third-order valence-corrected chi connectivity index (χ3v) is 9.08. The van der Waals surface area contributed by atoms with Gasteiger partial charge >= 0.3 is 12.1 Å². The monoisotopic (exact) mass is 606 g/mol. The van der Waals surface area contributed by atoms with Gasteiger partial charge in [0.25, 0.3) is 5.56 Å². The molecule has 0 unspecified atom stereocenters. The lowest BCUT2D eigenvalue weighted by Gasteiger charge is -2.30. The number of hydrogen-bond acceptors (Lipinski definition) is 6. The fraction of sp³-hybridized carbons (Fsp3) is 0.400. The number of pyridine rings is 1. The number of carbonyl (C=O) groups excluding carboxylic acids is 1. The molecule has 1 amide bonds. The molecule has 1 heterocycles. The maximum Gasteiger partial charge on any atom is 0.471 e. The largest absolute Gasteiger partial charge is 0.490 e. The fourth-order valence-electron chi connectivity index (χ4n) is 4.92. The van der Waals surface area contributed by atoms with Gasteiger partial charge in [-0.05, 0) is 68.9 Å². The van der Waals surface area contributed by atoms with Gasteiger partial charge in [-0.1, -0.05) is 25.1 Å². The van der Waals surface area contributed by atoms with Crippen molar-refractivity contribution in [3.63, 3.8) is 0 Å². The van der Waals surface area contributed by atoms with Gasteiger partial charge in [-0.2, -0.15) is 13.2 Å². The van der Waals surface area contributed by atoms with Crippen LogP contribution in [0.5, 0.6) is 17.2 Å². The summed E-state index contributed by atoms with van der Waals surface area (Å²) in [6, 6.07) is 10.9. The summed E-state index contributed by atoms with van der Waals surface area (Å²) < 4.78 is 77.6. The maximum atomic E-state index is 12.8. The summed E-state index contributed by atoms with van der Waals surface area (Å²) >= 11 is 0. The van der Waals surface area contributed by atoms with Crippen LogP contribution in [0.15, 0.2) is 58.4 Å². The summed E-state index contributed by atoms with van der Waals surface area (Å²) in [5.41, 5.74) is 2.19. The molecule has 0 saturated heterocycles. The van der Waals surface area contributed by atoms with E-state index in [1.54, 1.807) is 26.2 Å². The number of nitrogens with zero attached hydrogens (tertiary/aromatic N) is 1. The van der Waals surface area contributed by atoms with E-state index in [4.69, 9.17) is 9.47 Å². The molecular formula is C30H33F3N2O6S. The zero-order valence-electron chi connectivity index (χ0n) is 23.7. The van der Waals surface area contributed by atoms with Crippen LogP contribution in [0.25, 0.3) is 11.1 Å². The van der Waals surface area contributed by atoms with Gasteiger partial charge < -0.3 is 19.4 Å². The van der Waals surface area contributed by atoms with Crippen molar-refractivity contribution in [3.8, 4) is 28.4 Å². The van der Waals surface area contributed by atoms with Crippen LogP contribution in [0.1, 0.15) is 43.7 Å². The summed E-state index contributed by atoms with van der Waals surface area (Å²) in [7, 11) is -2.04. The van der Waals surface area contributed by atoms with E-state index < -0.39 is 34.1 Å². The van der Waals surface area contributed by atoms with E-state index in [0.29, 0.717) is 35.5 Å². The average Bonchev–Trinajstić information content (AvgIpc) is 2.93. The van der Waals surface area contributed by atoms with Crippen LogP contribution in [0, 0.1) is 13.8 Å². The first-order valence-electron chi connectivity index (χ1n) is 13.6. The van der Waals surface area contributed by atoms with Crippen LogP contribution >= 0.6 is 0 Å². The number of para-hydroxylation sites is 1. The number of nitrogens with one attached hydrogen (secondary N) is 1. The first-order chi connectivity index (χ1) is 19.7.